The molecule has 100 valence electrons. The summed E-state index contributed by atoms with van der Waals surface area (Å²) in [5, 5.41) is 1.07. The number of amides is 1. The molecule has 1 aromatic heterocycles. The highest BCUT2D eigenvalue weighted by molar-refractivity contribution is 6.35. The number of benzene rings is 1. The highest BCUT2D eigenvalue weighted by Gasteiger charge is 2.13. The Morgan fingerprint density at radius 3 is 2.74 bits per heavy atom. The van der Waals surface area contributed by atoms with Crippen molar-refractivity contribution in [3.8, 4) is 0 Å². The molecule has 1 heterocycles. The van der Waals surface area contributed by atoms with E-state index in [-0.39, 0.29) is 12.3 Å². The average molecular weight is 298 g/mol. The fourth-order valence-corrected chi connectivity index (χ4v) is 2.16. The van der Waals surface area contributed by atoms with Crippen molar-refractivity contribution in [2.45, 2.75) is 13.0 Å². The van der Waals surface area contributed by atoms with Crippen LogP contribution >= 0.6 is 23.2 Å². The van der Waals surface area contributed by atoms with Gasteiger partial charge in [0.1, 0.15) is 5.76 Å². The number of hydrogen-bond donors (Lipinski definition) is 0. The molecule has 0 N–H and O–H groups in total. The summed E-state index contributed by atoms with van der Waals surface area (Å²) in [4.78, 5) is 13.7. The summed E-state index contributed by atoms with van der Waals surface area (Å²) < 4.78 is 5.21. The van der Waals surface area contributed by atoms with Crippen molar-refractivity contribution >= 4 is 29.1 Å². The van der Waals surface area contributed by atoms with Gasteiger partial charge in [-0.25, -0.2) is 0 Å². The molecule has 1 aromatic carbocycles. The minimum atomic E-state index is -0.0272. The fourth-order valence-electron chi connectivity index (χ4n) is 1.69. The molecule has 0 aliphatic rings. The molecule has 2 rings (SSSR count). The first kappa shape index (κ1) is 14.0. The molecule has 5 heteroatoms. The van der Waals surface area contributed by atoms with E-state index in [1.54, 1.807) is 42.5 Å². The molecule has 1 amide bonds. The SMILES string of the molecule is CN(Cc1ccco1)C(=O)Cc1ccc(Cl)cc1Cl. The molecule has 0 spiro atoms. The molecule has 3 nitrogen and oxygen atoms in total. The second kappa shape index (κ2) is 6.13. The predicted octanol–water partition coefficient (Wildman–Crippen LogP) is 3.79. The van der Waals surface area contributed by atoms with Crippen molar-refractivity contribution < 1.29 is 9.21 Å². The van der Waals surface area contributed by atoms with E-state index in [1.165, 1.54) is 0 Å². The summed E-state index contributed by atoms with van der Waals surface area (Å²) in [6.07, 6.45) is 1.83. The lowest BCUT2D eigenvalue weighted by molar-refractivity contribution is -0.129. The minimum Gasteiger partial charge on any atom is -0.467 e. The van der Waals surface area contributed by atoms with Crippen LogP contribution in [0.3, 0.4) is 0 Å². The number of likely N-dealkylation sites (N-methyl/N-ethyl adjacent to an activating group) is 1. The Kier molecular flexibility index (Phi) is 4.51. The molecule has 2 aromatic rings. The molecule has 0 atom stereocenters. The van der Waals surface area contributed by atoms with Crippen molar-refractivity contribution in [2.75, 3.05) is 7.05 Å². The van der Waals surface area contributed by atoms with Crippen LogP contribution in [0.15, 0.2) is 41.0 Å². The lowest BCUT2D eigenvalue weighted by atomic mass is 10.1. The van der Waals surface area contributed by atoms with Crippen LogP contribution in [0, 0.1) is 0 Å². The van der Waals surface area contributed by atoms with Crippen LogP contribution in [0.5, 0.6) is 0 Å². The molecule has 0 bridgehead atoms. The summed E-state index contributed by atoms with van der Waals surface area (Å²) in [5.41, 5.74) is 0.766. The topological polar surface area (TPSA) is 33.5 Å². The van der Waals surface area contributed by atoms with Gasteiger partial charge in [-0.2, -0.15) is 0 Å². The summed E-state index contributed by atoms with van der Waals surface area (Å²) >= 11 is 11.9. The zero-order chi connectivity index (χ0) is 13.8. The summed E-state index contributed by atoms with van der Waals surface area (Å²) in [5.74, 6) is 0.721. The van der Waals surface area contributed by atoms with Gasteiger partial charge >= 0.3 is 0 Å². The van der Waals surface area contributed by atoms with Gasteiger partial charge in [-0.15, -0.1) is 0 Å². The third-order valence-corrected chi connectivity index (χ3v) is 3.34. The smallest absolute Gasteiger partial charge is 0.227 e. The molecule has 0 aliphatic carbocycles. The molecular formula is C14H13Cl2NO2. The summed E-state index contributed by atoms with van der Waals surface area (Å²) in [6, 6.07) is 8.76. The Hall–Kier alpha value is -1.45. The number of carbonyl (C=O) groups excluding carboxylic acids is 1. The van der Waals surface area contributed by atoms with Crippen LogP contribution in [0.2, 0.25) is 10.0 Å². The number of carbonyl (C=O) groups is 1. The van der Waals surface area contributed by atoms with Crippen molar-refractivity contribution in [3.63, 3.8) is 0 Å². The summed E-state index contributed by atoms with van der Waals surface area (Å²) in [7, 11) is 1.73. The first-order valence-corrected chi connectivity index (χ1v) is 6.52. The van der Waals surface area contributed by atoms with Crippen molar-refractivity contribution in [1.29, 1.82) is 0 Å². The largest absolute Gasteiger partial charge is 0.467 e. The van der Waals surface area contributed by atoms with E-state index in [0.717, 1.165) is 11.3 Å². The number of nitrogens with zero attached hydrogens (tertiary/aromatic N) is 1. The number of rotatable bonds is 4. The van der Waals surface area contributed by atoms with Crippen LogP contribution in [0.4, 0.5) is 0 Å². The Morgan fingerprint density at radius 2 is 2.11 bits per heavy atom. The number of furan rings is 1. The van der Waals surface area contributed by atoms with Crippen molar-refractivity contribution in [2.24, 2.45) is 0 Å². The monoisotopic (exact) mass is 297 g/mol. The third kappa shape index (κ3) is 3.75. The van der Waals surface area contributed by atoms with E-state index < -0.39 is 0 Å². The zero-order valence-electron chi connectivity index (χ0n) is 10.4. The highest BCUT2D eigenvalue weighted by atomic mass is 35.5. The second-order valence-corrected chi connectivity index (χ2v) is 5.09. The van der Waals surface area contributed by atoms with Gasteiger partial charge in [0, 0.05) is 17.1 Å². The Balaban J connectivity index is 2.00. The lowest BCUT2D eigenvalue weighted by Crippen LogP contribution is -2.27. The van der Waals surface area contributed by atoms with Gasteiger partial charge in [-0.3, -0.25) is 4.79 Å². The summed E-state index contributed by atoms with van der Waals surface area (Å²) in [6.45, 7) is 0.442. The minimum absolute atomic E-state index is 0.0272. The van der Waals surface area contributed by atoms with E-state index >= 15 is 0 Å². The number of halogens is 2. The maximum absolute atomic E-state index is 12.1. The molecule has 0 aliphatic heterocycles. The van der Waals surface area contributed by atoms with Gasteiger partial charge in [0.25, 0.3) is 0 Å². The average Bonchev–Trinajstić information content (AvgIpc) is 2.85. The standard InChI is InChI=1S/C14H13Cl2NO2/c1-17(9-12-3-2-6-19-12)14(18)7-10-4-5-11(15)8-13(10)16/h2-6,8H,7,9H2,1H3. The normalized spacial score (nSPS) is 10.5. The quantitative estimate of drug-likeness (QED) is 0.860. The maximum Gasteiger partial charge on any atom is 0.227 e. The third-order valence-electron chi connectivity index (χ3n) is 2.76. The van der Waals surface area contributed by atoms with Crippen LogP contribution in [-0.4, -0.2) is 17.9 Å². The molecule has 0 unspecified atom stereocenters. The van der Waals surface area contributed by atoms with Crippen molar-refractivity contribution in [1.82, 2.24) is 4.90 Å². The Morgan fingerprint density at radius 1 is 1.32 bits per heavy atom. The molecule has 0 saturated heterocycles. The molecule has 0 saturated carbocycles. The molecule has 0 radical (unpaired) electrons. The van der Waals surface area contributed by atoms with Crippen LogP contribution < -0.4 is 0 Å². The lowest BCUT2D eigenvalue weighted by Gasteiger charge is -2.16. The predicted molar refractivity (Wildman–Crippen MR) is 75.3 cm³/mol. The van der Waals surface area contributed by atoms with Crippen LogP contribution in [-0.2, 0) is 17.8 Å². The molecule has 0 fully saturated rings. The first-order chi connectivity index (χ1) is 9.06. The van der Waals surface area contributed by atoms with Gasteiger partial charge in [0.05, 0.1) is 19.2 Å². The highest BCUT2D eigenvalue weighted by Crippen LogP contribution is 2.21. The van der Waals surface area contributed by atoms with E-state index in [0.29, 0.717) is 16.6 Å². The van der Waals surface area contributed by atoms with Gasteiger partial charge in [-0.1, -0.05) is 29.3 Å². The van der Waals surface area contributed by atoms with E-state index in [1.807, 2.05) is 6.07 Å². The Bertz CT molecular complexity index is 567. The zero-order valence-corrected chi connectivity index (χ0v) is 11.9. The molecular weight excluding hydrogens is 285 g/mol. The van der Waals surface area contributed by atoms with Crippen LogP contribution in [0.1, 0.15) is 11.3 Å². The number of hydrogen-bond acceptors (Lipinski definition) is 2. The van der Waals surface area contributed by atoms with Gasteiger partial charge in [0.2, 0.25) is 5.91 Å². The maximum atomic E-state index is 12.1. The van der Waals surface area contributed by atoms with Crippen LogP contribution in [0.25, 0.3) is 0 Å². The first-order valence-electron chi connectivity index (χ1n) is 5.76. The van der Waals surface area contributed by atoms with E-state index in [4.69, 9.17) is 27.6 Å². The second-order valence-electron chi connectivity index (χ2n) is 4.24. The van der Waals surface area contributed by atoms with Gasteiger partial charge < -0.3 is 9.32 Å². The van der Waals surface area contributed by atoms with Gasteiger partial charge in [0.15, 0.2) is 0 Å². The fraction of sp³-hybridized carbons (Fsp3) is 0.214. The van der Waals surface area contributed by atoms with E-state index in [2.05, 4.69) is 0 Å². The Labute approximate surface area is 121 Å². The van der Waals surface area contributed by atoms with Gasteiger partial charge in [-0.05, 0) is 29.8 Å². The van der Waals surface area contributed by atoms with Crippen molar-refractivity contribution in [3.05, 3.63) is 58.0 Å². The van der Waals surface area contributed by atoms with E-state index in [9.17, 15) is 4.79 Å². The molecule has 19 heavy (non-hydrogen) atoms.